The minimum Gasteiger partial charge on any atom is -0.328 e. The van der Waals surface area contributed by atoms with Crippen molar-refractivity contribution < 1.29 is 8.42 Å². The molecule has 0 aliphatic carbocycles. The smallest absolute Gasteiger partial charge is 0.242 e. The van der Waals surface area contributed by atoms with Gasteiger partial charge in [0.05, 0.1) is 5.02 Å². The number of pyridine rings is 1. The molecule has 98 valence electrons. The molecule has 0 saturated heterocycles. The number of hydrogen-bond acceptors (Lipinski definition) is 4. The van der Waals surface area contributed by atoms with E-state index in [0.717, 1.165) is 0 Å². The standard InChI is InChI=1S/C9H14ClN3O2S.ClH/c1-7(11)2-3-13-16(14,15)9-4-8(10)5-12-6-9;/h4-7,13H,2-3,11H2,1H3;1H. The highest BCUT2D eigenvalue weighted by Gasteiger charge is 2.14. The minimum atomic E-state index is -3.53. The summed E-state index contributed by atoms with van der Waals surface area (Å²) < 4.78 is 25.9. The molecule has 1 rings (SSSR count). The van der Waals surface area contributed by atoms with E-state index in [0.29, 0.717) is 13.0 Å². The topological polar surface area (TPSA) is 85.1 Å². The molecule has 1 atom stereocenters. The van der Waals surface area contributed by atoms with Crippen LogP contribution in [0, 0.1) is 0 Å². The van der Waals surface area contributed by atoms with Gasteiger partial charge in [-0.1, -0.05) is 11.6 Å². The zero-order valence-corrected chi connectivity index (χ0v) is 11.6. The highest BCUT2D eigenvalue weighted by molar-refractivity contribution is 7.89. The second-order valence-electron chi connectivity index (χ2n) is 3.50. The van der Waals surface area contributed by atoms with Gasteiger partial charge in [0.15, 0.2) is 0 Å². The van der Waals surface area contributed by atoms with Crippen molar-refractivity contribution in [3.8, 4) is 0 Å². The van der Waals surface area contributed by atoms with Gasteiger partial charge in [-0.25, -0.2) is 13.1 Å². The number of rotatable bonds is 5. The van der Waals surface area contributed by atoms with Crippen molar-refractivity contribution in [2.24, 2.45) is 5.73 Å². The van der Waals surface area contributed by atoms with Crippen LogP contribution in [0.4, 0.5) is 0 Å². The van der Waals surface area contributed by atoms with E-state index in [1.807, 2.05) is 6.92 Å². The molecule has 8 heteroatoms. The molecule has 0 saturated carbocycles. The van der Waals surface area contributed by atoms with Gasteiger partial charge in [0, 0.05) is 25.0 Å². The number of sulfonamides is 1. The van der Waals surface area contributed by atoms with E-state index in [1.54, 1.807) is 0 Å². The molecule has 0 aliphatic rings. The van der Waals surface area contributed by atoms with Crippen LogP contribution in [0.2, 0.25) is 5.02 Å². The Balaban J connectivity index is 0.00000256. The Morgan fingerprint density at radius 2 is 2.18 bits per heavy atom. The number of nitrogens with two attached hydrogens (primary N) is 1. The third kappa shape index (κ3) is 5.65. The van der Waals surface area contributed by atoms with Gasteiger partial charge < -0.3 is 5.73 Å². The van der Waals surface area contributed by atoms with Gasteiger partial charge in [-0.15, -0.1) is 12.4 Å². The van der Waals surface area contributed by atoms with Crippen LogP contribution in [0.1, 0.15) is 13.3 Å². The van der Waals surface area contributed by atoms with Crippen molar-refractivity contribution in [3.63, 3.8) is 0 Å². The molecule has 5 nitrogen and oxygen atoms in total. The summed E-state index contributed by atoms with van der Waals surface area (Å²) in [7, 11) is -3.53. The quantitative estimate of drug-likeness (QED) is 0.855. The first-order valence-electron chi connectivity index (χ1n) is 4.77. The molecule has 1 aromatic rings. The molecule has 1 unspecified atom stereocenters. The van der Waals surface area contributed by atoms with Gasteiger partial charge in [-0.05, 0) is 19.4 Å². The lowest BCUT2D eigenvalue weighted by Gasteiger charge is -2.08. The first-order chi connectivity index (χ1) is 7.42. The van der Waals surface area contributed by atoms with Crippen LogP contribution in [-0.2, 0) is 10.0 Å². The summed E-state index contributed by atoms with van der Waals surface area (Å²) >= 11 is 5.66. The zero-order valence-electron chi connectivity index (χ0n) is 9.26. The lowest BCUT2D eigenvalue weighted by atomic mass is 10.3. The molecule has 0 aromatic carbocycles. The third-order valence-corrected chi connectivity index (χ3v) is 3.52. The van der Waals surface area contributed by atoms with Crippen molar-refractivity contribution in [2.45, 2.75) is 24.3 Å². The normalized spacial score (nSPS) is 12.9. The van der Waals surface area contributed by atoms with Crippen molar-refractivity contribution in [1.82, 2.24) is 9.71 Å². The van der Waals surface area contributed by atoms with Gasteiger partial charge in [-0.2, -0.15) is 0 Å². The van der Waals surface area contributed by atoms with Crippen molar-refractivity contribution in [3.05, 3.63) is 23.5 Å². The van der Waals surface area contributed by atoms with Crippen LogP contribution in [0.3, 0.4) is 0 Å². The zero-order chi connectivity index (χ0) is 12.2. The maximum atomic E-state index is 11.7. The number of aromatic nitrogens is 1. The summed E-state index contributed by atoms with van der Waals surface area (Å²) in [6.07, 6.45) is 3.20. The fourth-order valence-electron chi connectivity index (χ4n) is 1.04. The monoisotopic (exact) mass is 299 g/mol. The summed E-state index contributed by atoms with van der Waals surface area (Å²) in [6.45, 7) is 2.11. The fraction of sp³-hybridized carbons (Fsp3) is 0.444. The molecule has 0 radical (unpaired) electrons. The van der Waals surface area contributed by atoms with Gasteiger partial charge in [0.1, 0.15) is 4.90 Å². The van der Waals surface area contributed by atoms with E-state index < -0.39 is 10.0 Å². The predicted octanol–water partition coefficient (Wildman–Crippen LogP) is 1.17. The molecule has 17 heavy (non-hydrogen) atoms. The molecule has 0 spiro atoms. The number of nitrogens with one attached hydrogen (secondary N) is 1. The van der Waals surface area contributed by atoms with E-state index >= 15 is 0 Å². The van der Waals surface area contributed by atoms with E-state index in [1.165, 1.54) is 18.5 Å². The Morgan fingerprint density at radius 3 is 2.71 bits per heavy atom. The van der Waals surface area contributed by atoms with E-state index in [4.69, 9.17) is 17.3 Å². The molecule has 0 bridgehead atoms. The Morgan fingerprint density at radius 1 is 1.53 bits per heavy atom. The lowest BCUT2D eigenvalue weighted by molar-refractivity contribution is 0.571. The van der Waals surface area contributed by atoms with Crippen LogP contribution in [-0.4, -0.2) is 26.0 Å². The number of halogens is 2. The first kappa shape index (κ1) is 16.6. The molecular weight excluding hydrogens is 285 g/mol. The molecule has 1 aromatic heterocycles. The Labute approximate surface area is 112 Å². The Bertz CT molecular complexity index is 451. The van der Waals surface area contributed by atoms with Gasteiger partial charge in [0.25, 0.3) is 0 Å². The average molecular weight is 300 g/mol. The van der Waals surface area contributed by atoms with Crippen molar-refractivity contribution >= 4 is 34.0 Å². The second-order valence-corrected chi connectivity index (χ2v) is 5.71. The average Bonchev–Trinajstić information content (AvgIpc) is 2.16. The Hall–Kier alpha value is -0.400. The van der Waals surface area contributed by atoms with Crippen LogP contribution in [0.5, 0.6) is 0 Å². The van der Waals surface area contributed by atoms with Crippen molar-refractivity contribution in [2.75, 3.05) is 6.54 Å². The summed E-state index contributed by atoms with van der Waals surface area (Å²) in [6, 6.07) is 1.31. The number of nitrogens with zero attached hydrogens (tertiary/aromatic N) is 1. The minimum absolute atomic E-state index is 0. The molecule has 1 heterocycles. The summed E-state index contributed by atoms with van der Waals surface area (Å²) in [5, 5.41) is 0.287. The molecule has 0 aliphatic heterocycles. The Kier molecular flexibility index (Phi) is 6.96. The molecule has 0 fully saturated rings. The SMILES string of the molecule is CC(N)CCNS(=O)(=O)c1cncc(Cl)c1.Cl. The van der Waals surface area contributed by atoms with Gasteiger partial charge >= 0.3 is 0 Å². The lowest BCUT2D eigenvalue weighted by Crippen LogP contribution is -2.29. The van der Waals surface area contributed by atoms with Crippen LogP contribution in [0.15, 0.2) is 23.4 Å². The van der Waals surface area contributed by atoms with E-state index in [9.17, 15) is 8.42 Å². The summed E-state index contributed by atoms with van der Waals surface area (Å²) in [5.41, 5.74) is 5.52. The van der Waals surface area contributed by atoms with Crippen molar-refractivity contribution in [1.29, 1.82) is 0 Å². The van der Waals surface area contributed by atoms with E-state index in [-0.39, 0.29) is 28.4 Å². The molecule has 3 N–H and O–H groups in total. The van der Waals surface area contributed by atoms with Gasteiger partial charge in [-0.3, -0.25) is 4.98 Å². The van der Waals surface area contributed by atoms with Crippen LogP contribution >= 0.6 is 24.0 Å². The highest BCUT2D eigenvalue weighted by atomic mass is 35.5. The molecular formula is C9H15Cl2N3O2S. The number of hydrogen-bond donors (Lipinski definition) is 2. The third-order valence-electron chi connectivity index (χ3n) is 1.88. The summed E-state index contributed by atoms with van der Waals surface area (Å²) in [4.78, 5) is 3.78. The largest absolute Gasteiger partial charge is 0.328 e. The second kappa shape index (κ2) is 7.13. The maximum Gasteiger partial charge on any atom is 0.242 e. The summed E-state index contributed by atoms with van der Waals surface area (Å²) in [5.74, 6) is 0. The fourth-order valence-corrected chi connectivity index (χ4v) is 2.32. The highest BCUT2D eigenvalue weighted by Crippen LogP contribution is 2.13. The molecule has 0 amide bonds. The van der Waals surface area contributed by atoms with Crippen LogP contribution < -0.4 is 10.5 Å². The first-order valence-corrected chi connectivity index (χ1v) is 6.64. The van der Waals surface area contributed by atoms with E-state index in [2.05, 4.69) is 9.71 Å². The maximum absolute atomic E-state index is 11.7. The van der Waals surface area contributed by atoms with Crippen LogP contribution in [0.25, 0.3) is 0 Å². The predicted molar refractivity (Wildman–Crippen MR) is 69.9 cm³/mol. The van der Waals surface area contributed by atoms with Gasteiger partial charge in [0.2, 0.25) is 10.0 Å².